The fourth-order valence-electron chi connectivity index (χ4n) is 3.13. The summed E-state index contributed by atoms with van der Waals surface area (Å²) in [6.45, 7) is 3.74. The molecule has 1 heterocycles. The van der Waals surface area contributed by atoms with Crippen LogP contribution in [-0.4, -0.2) is 53.0 Å². The monoisotopic (exact) mass is 396 g/mol. The minimum Gasteiger partial charge on any atom is -0.481 e. The third kappa shape index (κ3) is 5.31. The van der Waals surface area contributed by atoms with Crippen molar-refractivity contribution in [1.29, 1.82) is 0 Å². The zero-order chi connectivity index (χ0) is 17.7. The SMILES string of the molecule is C[C@H]1C[C@@H](C(=O)N(CCC(=O)O)Cc2cccc(Br)c2)CCN1C. The summed E-state index contributed by atoms with van der Waals surface area (Å²) in [6, 6.07) is 8.17. The fourth-order valence-corrected chi connectivity index (χ4v) is 3.57. The zero-order valence-electron chi connectivity index (χ0n) is 14.2. The molecule has 1 saturated heterocycles. The van der Waals surface area contributed by atoms with Gasteiger partial charge in [-0.3, -0.25) is 9.59 Å². The van der Waals surface area contributed by atoms with Crippen molar-refractivity contribution >= 4 is 27.8 Å². The van der Waals surface area contributed by atoms with Crippen LogP contribution in [0.2, 0.25) is 0 Å². The van der Waals surface area contributed by atoms with Gasteiger partial charge < -0.3 is 14.9 Å². The summed E-state index contributed by atoms with van der Waals surface area (Å²) in [6.07, 6.45) is 1.64. The predicted molar refractivity (Wildman–Crippen MR) is 96.6 cm³/mol. The van der Waals surface area contributed by atoms with Gasteiger partial charge in [-0.2, -0.15) is 0 Å². The zero-order valence-corrected chi connectivity index (χ0v) is 15.8. The van der Waals surface area contributed by atoms with E-state index >= 15 is 0 Å². The Kier molecular flexibility index (Phi) is 6.80. The Hall–Kier alpha value is -1.40. The van der Waals surface area contributed by atoms with E-state index in [4.69, 9.17) is 5.11 Å². The first-order valence-corrected chi connectivity index (χ1v) is 9.11. The maximum atomic E-state index is 13.0. The van der Waals surface area contributed by atoms with Crippen LogP contribution < -0.4 is 0 Å². The number of likely N-dealkylation sites (tertiary alicyclic amines) is 1. The maximum absolute atomic E-state index is 13.0. The molecule has 1 fully saturated rings. The minimum absolute atomic E-state index is 0.0165. The summed E-state index contributed by atoms with van der Waals surface area (Å²) in [5.41, 5.74) is 1.00. The molecule has 5 nitrogen and oxygen atoms in total. The van der Waals surface area contributed by atoms with E-state index in [2.05, 4.69) is 34.8 Å². The molecule has 1 aliphatic heterocycles. The highest BCUT2D eigenvalue weighted by atomic mass is 79.9. The highest BCUT2D eigenvalue weighted by molar-refractivity contribution is 9.10. The van der Waals surface area contributed by atoms with Gasteiger partial charge in [-0.1, -0.05) is 28.1 Å². The van der Waals surface area contributed by atoms with Crippen LogP contribution >= 0.6 is 15.9 Å². The summed E-state index contributed by atoms with van der Waals surface area (Å²) in [4.78, 5) is 27.9. The van der Waals surface area contributed by atoms with Crippen LogP contribution in [0.5, 0.6) is 0 Å². The molecule has 1 N–H and O–H groups in total. The normalized spacial score (nSPS) is 21.5. The number of rotatable bonds is 6. The minimum atomic E-state index is -0.876. The molecule has 6 heteroatoms. The Balaban J connectivity index is 2.09. The molecule has 2 rings (SSSR count). The lowest BCUT2D eigenvalue weighted by Gasteiger charge is -2.36. The van der Waals surface area contributed by atoms with Crippen molar-refractivity contribution in [1.82, 2.24) is 9.80 Å². The Morgan fingerprint density at radius 1 is 1.42 bits per heavy atom. The quantitative estimate of drug-likeness (QED) is 0.802. The van der Waals surface area contributed by atoms with Gasteiger partial charge in [-0.05, 0) is 51.1 Å². The lowest BCUT2D eigenvalue weighted by atomic mass is 9.90. The lowest BCUT2D eigenvalue weighted by Crippen LogP contribution is -2.45. The van der Waals surface area contributed by atoms with Gasteiger partial charge in [0.05, 0.1) is 6.42 Å². The smallest absolute Gasteiger partial charge is 0.305 e. The van der Waals surface area contributed by atoms with E-state index in [-0.39, 0.29) is 24.8 Å². The highest BCUT2D eigenvalue weighted by Gasteiger charge is 2.31. The van der Waals surface area contributed by atoms with Crippen molar-refractivity contribution < 1.29 is 14.7 Å². The van der Waals surface area contributed by atoms with Crippen LogP contribution in [0.3, 0.4) is 0 Å². The largest absolute Gasteiger partial charge is 0.481 e. The third-order valence-corrected chi connectivity index (χ3v) is 5.22. The fraction of sp³-hybridized carbons (Fsp3) is 0.556. The number of carboxylic acids is 1. The van der Waals surface area contributed by atoms with E-state index in [1.807, 2.05) is 24.3 Å². The van der Waals surface area contributed by atoms with Crippen molar-refractivity contribution in [2.45, 2.75) is 38.8 Å². The van der Waals surface area contributed by atoms with Gasteiger partial charge >= 0.3 is 5.97 Å². The second-order valence-electron chi connectivity index (χ2n) is 6.58. The first-order chi connectivity index (χ1) is 11.4. The van der Waals surface area contributed by atoms with Gasteiger partial charge in [0, 0.05) is 29.5 Å². The number of hydrogen-bond acceptors (Lipinski definition) is 3. The van der Waals surface area contributed by atoms with Crippen LogP contribution in [-0.2, 0) is 16.1 Å². The molecule has 1 amide bonds. The van der Waals surface area contributed by atoms with Crippen molar-refractivity contribution in [2.24, 2.45) is 5.92 Å². The van der Waals surface area contributed by atoms with Gasteiger partial charge in [0.2, 0.25) is 5.91 Å². The van der Waals surface area contributed by atoms with E-state index in [9.17, 15) is 9.59 Å². The molecule has 132 valence electrons. The molecule has 0 unspecified atom stereocenters. The second kappa shape index (κ2) is 8.62. The predicted octanol–water partition coefficient (Wildman–Crippen LogP) is 2.98. The summed E-state index contributed by atoms with van der Waals surface area (Å²) < 4.78 is 0.957. The standard InChI is InChI=1S/C18H25BrN2O3/c1-13-10-15(6-8-20(13)2)18(24)21(9-7-17(22)23)12-14-4-3-5-16(19)11-14/h3-5,11,13,15H,6-10,12H2,1-2H3,(H,22,23)/t13-,15-/m0/s1. The first-order valence-electron chi connectivity index (χ1n) is 8.32. The highest BCUT2D eigenvalue weighted by Crippen LogP contribution is 2.24. The molecule has 0 saturated carbocycles. The number of carboxylic acid groups (broad SMARTS) is 1. The summed E-state index contributed by atoms with van der Waals surface area (Å²) in [7, 11) is 2.08. The summed E-state index contributed by atoms with van der Waals surface area (Å²) in [5.74, 6) is -0.813. The number of halogens is 1. The van der Waals surface area contributed by atoms with Crippen molar-refractivity contribution in [3.05, 3.63) is 34.3 Å². The molecule has 0 aliphatic carbocycles. The summed E-state index contributed by atoms with van der Waals surface area (Å²) >= 11 is 3.44. The number of benzene rings is 1. The molecule has 1 aromatic carbocycles. The molecule has 0 spiro atoms. The van der Waals surface area contributed by atoms with Gasteiger partial charge in [-0.25, -0.2) is 0 Å². The van der Waals surface area contributed by atoms with E-state index in [1.165, 1.54) is 0 Å². The average Bonchev–Trinajstić information content (AvgIpc) is 2.53. The second-order valence-corrected chi connectivity index (χ2v) is 7.50. The Labute approximate surface area is 151 Å². The van der Waals surface area contributed by atoms with Crippen LogP contribution in [0.1, 0.15) is 31.7 Å². The van der Waals surface area contributed by atoms with E-state index < -0.39 is 5.97 Å². The lowest BCUT2D eigenvalue weighted by molar-refractivity contribution is -0.141. The van der Waals surface area contributed by atoms with Gasteiger partial charge in [0.1, 0.15) is 0 Å². The first kappa shape index (κ1) is 18.9. The molecule has 2 atom stereocenters. The van der Waals surface area contributed by atoms with Crippen molar-refractivity contribution in [2.75, 3.05) is 20.1 Å². The van der Waals surface area contributed by atoms with Crippen LogP contribution in [0.25, 0.3) is 0 Å². The molecule has 1 aliphatic rings. The van der Waals surface area contributed by atoms with Crippen LogP contribution in [0.15, 0.2) is 28.7 Å². The van der Waals surface area contributed by atoms with E-state index in [1.54, 1.807) is 4.90 Å². The Morgan fingerprint density at radius 2 is 2.17 bits per heavy atom. The number of hydrogen-bond donors (Lipinski definition) is 1. The van der Waals surface area contributed by atoms with Crippen molar-refractivity contribution in [3.8, 4) is 0 Å². The number of aliphatic carboxylic acids is 1. The Morgan fingerprint density at radius 3 is 2.79 bits per heavy atom. The van der Waals surface area contributed by atoms with Crippen LogP contribution in [0, 0.1) is 5.92 Å². The summed E-state index contributed by atoms with van der Waals surface area (Å²) in [5, 5.41) is 8.99. The number of carbonyl (C=O) groups excluding carboxylic acids is 1. The number of amides is 1. The molecule has 0 radical (unpaired) electrons. The molecular formula is C18H25BrN2O3. The van der Waals surface area contributed by atoms with E-state index in [0.717, 1.165) is 29.4 Å². The molecule has 1 aromatic rings. The van der Waals surface area contributed by atoms with E-state index in [0.29, 0.717) is 12.6 Å². The molecule has 24 heavy (non-hydrogen) atoms. The van der Waals surface area contributed by atoms with Gasteiger partial charge in [-0.15, -0.1) is 0 Å². The molecular weight excluding hydrogens is 372 g/mol. The van der Waals surface area contributed by atoms with Gasteiger partial charge in [0.15, 0.2) is 0 Å². The Bertz CT molecular complexity index is 593. The number of nitrogens with zero attached hydrogens (tertiary/aromatic N) is 2. The average molecular weight is 397 g/mol. The third-order valence-electron chi connectivity index (χ3n) is 4.73. The maximum Gasteiger partial charge on any atom is 0.305 e. The van der Waals surface area contributed by atoms with Gasteiger partial charge in [0.25, 0.3) is 0 Å². The molecule has 0 aromatic heterocycles. The number of piperidine rings is 1. The van der Waals surface area contributed by atoms with Crippen LogP contribution in [0.4, 0.5) is 0 Å². The topological polar surface area (TPSA) is 60.9 Å². The number of carbonyl (C=O) groups is 2. The molecule has 0 bridgehead atoms. The van der Waals surface area contributed by atoms with Crippen molar-refractivity contribution in [3.63, 3.8) is 0 Å².